The summed E-state index contributed by atoms with van der Waals surface area (Å²) in [5.74, 6) is 1.67. The van der Waals surface area contributed by atoms with Gasteiger partial charge in [0, 0.05) is 6.54 Å². The molecule has 5 nitrogen and oxygen atoms in total. The number of furan rings is 1. The standard InChI is InChI=1S/C15H15NO4/c17-15(13-2-1-7-18-13)16-6-5-11-3-4-12-14(10-11)20-9-8-19-12/h1-4,7,10H,5-6,8-9H2,(H,16,17). The average molecular weight is 273 g/mol. The van der Waals surface area contributed by atoms with Gasteiger partial charge in [-0.15, -0.1) is 0 Å². The van der Waals surface area contributed by atoms with Gasteiger partial charge >= 0.3 is 0 Å². The van der Waals surface area contributed by atoms with Crippen molar-refractivity contribution in [1.82, 2.24) is 5.32 Å². The summed E-state index contributed by atoms with van der Waals surface area (Å²) < 4.78 is 16.0. The molecule has 20 heavy (non-hydrogen) atoms. The molecule has 0 atom stereocenters. The van der Waals surface area contributed by atoms with Gasteiger partial charge in [-0.25, -0.2) is 0 Å². The van der Waals surface area contributed by atoms with Crippen molar-refractivity contribution in [3.8, 4) is 11.5 Å². The van der Waals surface area contributed by atoms with E-state index in [4.69, 9.17) is 13.9 Å². The number of rotatable bonds is 4. The van der Waals surface area contributed by atoms with Crippen molar-refractivity contribution in [1.29, 1.82) is 0 Å². The second-order valence-electron chi connectivity index (χ2n) is 4.46. The number of nitrogens with one attached hydrogen (secondary N) is 1. The third kappa shape index (κ3) is 2.77. The molecular formula is C15H15NO4. The molecule has 0 radical (unpaired) electrons. The summed E-state index contributed by atoms with van der Waals surface area (Å²) in [5.41, 5.74) is 1.09. The molecule has 0 saturated carbocycles. The van der Waals surface area contributed by atoms with Crippen LogP contribution in [0.5, 0.6) is 11.5 Å². The Kier molecular flexibility index (Phi) is 3.58. The number of carbonyl (C=O) groups excluding carboxylic acids is 1. The Labute approximate surface area is 116 Å². The molecule has 0 unspecified atom stereocenters. The van der Waals surface area contributed by atoms with Gasteiger partial charge in [-0.05, 0) is 36.2 Å². The van der Waals surface area contributed by atoms with Crippen molar-refractivity contribution < 1.29 is 18.7 Å². The largest absolute Gasteiger partial charge is 0.486 e. The van der Waals surface area contributed by atoms with Crippen LogP contribution in [0.3, 0.4) is 0 Å². The molecular weight excluding hydrogens is 258 g/mol. The molecule has 2 heterocycles. The molecule has 1 aliphatic heterocycles. The lowest BCUT2D eigenvalue weighted by Gasteiger charge is -2.18. The van der Waals surface area contributed by atoms with Gasteiger partial charge in [0.05, 0.1) is 6.26 Å². The van der Waals surface area contributed by atoms with Gasteiger partial charge in [0.2, 0.25) is 0 Å². The predicted molar refractivity (Wildman–Crippen MR) is 72.2 cm³/mol. The molecule has 0 saturated heterocycles. The first-order valence-electron chi connectivity index (χ1n) is 6.53. The predicted octanol–water partition coefficient (Wildman–Crippen LogP) is 2.02. The minimum Gasteiger partial charge on any atom is -0.486 e. The lowest BCUT2D eigenvalue weighted by molar-refractivity contribution is 0.0926. The van der Waals surface area contributed by atoms with Crippen LogP contribution in [0.15, 0.2) is 41.0 Å². The third-order valence-electron chi connectivity index (χ3n) is 3.05. The number of benzene rings is 1. The lowest BCUT2D eigenvalue weighted by Crippen LogP contribution is -2.25. The Morgan fingerprint density at radius 3 is 2.80 bits per heavy atom. The highest BCUT2D eigenvalue weighted by molar-refractivity contribution is 5.91. The summed E-state index contributed by atoms with van der Waals surface area (Å²) in [5, 5.41) is 2.81. The second kappa shape index (κ2) is 5.69. The van der Waals surface area contributed by atoms with E-state index in [1.165, 1.54) is 6.26 Å². The Morgan fingerprint density at radius 2 is 2.00 bits per heavy atom. The van der Waals surface area contributed by atoms with Crippen LogP contribution in [-0.4, -0.2) is 25.7 Å². The van der Waals surface area contributed by atoms with Gasteiger partial charge in [0.15, 0.2) is 17.3 Å². The minimum atomic E-state index is -0.201. The number of ether oxygens (including phenoxy) is 2. The Bertz CT molecular complexity index is 592. The van der Waals surface area contributed by atoms with E-state index in [0.29, 0.717) is 25.5 Å². The van der Waals surface area contributed by atoms with E-state index in [0.717, 1.165) is 23.5 Å². The molecule has 1 aromatic carbocycles. The van der Waals surface area contributed by atoms with Gasteiger partial charge in [0.1, 0.15) is 13.2 Å². The topological polar surface area (TPSA) is 60.7 Å². The van der Waals surface area contributed by atoms with E-state index < -0.39 is 0 Å². The van der Waals surface area contributed by atoms with Gasteiger partial charge < -0.3 is 19.2 Å². The van der Waals surface area contributed by atoms with Gasteiger partial charge in [-0.1, -0.05) is 6.07 Å². The van der Waals surface area contributed by atoms with Crippen molar-refractivity contribution in [2.75, 3.05) is 19.8 Å². The first-order chi connectivity index (χ1) is 9.83. The van der Waals surface area contributed by atoms with E-state index in [1.807, 2.05) is 18.2 Å². The first kappa shape index (κ1) is 12.6. The normalized spacial score (nSPS) is 13.0. The van der Waals surface area contributed by atoms with Crippen molar-refractivity contribution >= 4 is 5.91 Å². The van der Waals surface area contributed by atoms with Crippen LogP contribution < -0.4 is 14.8 Å². The maximum absolute atomic E-state index is 11.7. The lowest BCUT2D eigenvalue weighted by atomic mass is 10.1. The van der Waals surface area contributed by atoms with E-state index in [9.17, 15) is 4.79 Å². The Balaban J connectivity index is 1.55. The first-order valence-corrected chi connectivity index (χ1v) is 6.53. The van der Waals surface area contributed by atoms with Crippen molar-refractivity contribution in [3.63, 3.8) is 0 Å². The zero-order valence-electron chi connectivity index (χ0n) is 10.9. The van der Waals surface area contributed by atoms with Crippen molar-refractivity contribution in [3.05, 3.63) is 47.9 Å². The molecule has 104 valence electrons. The Morgan fingerprint density at radius 1 is 1.15 bits per heavy atom. The van der Waals surface area contributed by atoms with E-state index in [1.54, 1.807) is 12.1 Å². The highest BCUT2D eigenvalue weighted by Crippen LogP contribution is 2.30. The van der Waals surface area contributed by atoms with Gasteiger partial charge in [-0.2, -0.15) is 0 Å². The Hall–Kier alpha value is -2.43. The van der Waals surface area contributed by atoms with Crippen LogP contribution in [0.4, 0.5) is 0 Å². The highest BCUT2D eigenvalue weighted by Gasteiger charge is 2.12. The molecule has 0 aliphatic carbocycles. The SMILES string of the molecule is O=C(NCCc1ccc2c(c1)OCCO2)c1ccco1. The fourth-order valence-corrected chi connectivity index (χ4v) is 2.06. The zero-order valence-corrected chi connectivity index (χ0v) is 10.9. The summed E-state index contributed by atoms with van der Waals surface area (Å²) in [7, 11) is 0. The maximum atomic E-state index is 11.7. The molecule has 1 aromatic heterocycles. The molecule has 1 N–H and O–H groups in total. The number of carbonyl (C=O) groups is 1. The molecule has 5 heteroatoms. The molecule has 1 aliphatic rings. The van der Waals surface area contributed by atoms with Gasteiger partial charge in [0.25, 0.3) is 5.91 Å². The van der Waals surface area contributed by atoms with Crippen LogP contribution in [-0.2, 0) is 6.42 Å². The van der Waals surface area contributed by atoms with Crippen LogP contribution >= 0.6 is 0 Å². The zero-order chi connectivity index (χ0) is 13.8. The summed E-state index contributed by atoms with van der Waals surface area (Å²) in [6, 6.07) is 9.16. The maximum Gasteiger partial charge on any atom is 0.286 e. The summed E-state index contributed by atoms with van der Waals surface area (Å²) in [6.07, 6.45) is 2.21. The summed E-state index contributed by atoms with van der Waals surface area (Å²) in [4.78, 5) is 11.7. The van der Waals surface area contributed by atoms with E-state index >= 15 is 0 Å². The van der Waals surface area contributed by atoms with Crippen LogP contribution in [0.2, 0.25) is 0 Å². The molecule has 0 spiro atoms. The number of hydrogen-bond donors (Lipinski definition) is 1. The minimum absolute atomic E-state index is 0.201. The van der Waals surface area contributed by atoms with Crippen molar-refractivity contribution in [2.24, 2.45) is 0 Å². The van der Waals surface area contributed by atoms with Crippen molar-refractivity contribution in [2.45, 2.75) is 6.42 Å². The van der Waals surface area contributed by atoms with E-state index in [-0.39, 0.29) is 5.91 Å². The van der Waals surface area contributed by atoms with Gasteiger partial charge in [-0.3, -0.25) is 4.79 Å². The van der Waals surface area contributed by atoms with Crippen LogP contribution in [0.25, 0.3) is 0 Å². The quantitative estimate of drug-likeness (QED) is 0.925. The molecule has 0 bridgehead atoms. The number of fused-ring (bicyclic) bond motifs is 1. The van der Waals surface area contributed by atoms with Crippen LogP contribution in [0.1, 0.15) is 16.1 Å². The number of hydrogen-bond acceptors (Lipinski definition) is 4. The highest BCUT2D eigenvalue weighted by atomic mass is 16.6. The summed E-state index contributed by atoms with van der Waals surface area (Å²) in [6.45, 7) is 1.70. The monoisotopic (exact) mass is 273 g/mol. The number of amides is 1. The average Bonchev–Trinajstić information content (AvgIpc) is 3.01. The molecule has 3 rings (SSSR count). The second-order valence-corrected chi connectivity index (χ2v) is 4.46. The van der Waals surface area contributed by atoms with Crippen LogP contribution in [0, 0.1) is 0 Å². The third-order valence-corrected chi connectivity index (χ3v) is 3.05. The fraction of sp³-hybridized carbons (Fsp3) is 0.267. The smallest absolute Gasteiger partial charge is 0.286 e. The molecule has 1 amide bonds. The molecule has 0 fully saturated rings. The summed E-state index contributed by atoms with van der Waals surface area (Å²) >= 11 is 0. The fourth-order valence-electron chi connectivity index (χ4n) is 2.06. The van der Waals surface area contributed by atoms with E-state index in [2.05, 4.69) is 5.32 Å². The molecule has 2 aromatic rings.